The topological polar surface area (TPSA) is 70.6 Å². The number of hydrogen-bond donors (Lipinski definition) is 2. The second-order valence-electron chi connectivity index (χ2n) is 5.08. The zero-order valence-corrected chi connectivity index (χ0v) is 17.7. The summed E-state index contributed by atoms with van der Waals surface area (Å²) in [5.41, 5.74) is 0.944. The van der Waals surface area contributed by atoms with E-state index in [1.54, 1.807) is 37.4 Å². The minimum Gasteiger partial charge on any atom is -0.355 e. The normalized spacial score (nSPS) is 11.5. The first-order valence-corrected chi connectivity index (χ1v) is 9.51. The number of hydrogen-bond acceptors (Lipinski definition) is 3. The first-order valence-electron chi connectivity index (χ1n) is 7.48. The molecule has 0 saturated heterocycles. The molecule has 0 bridgehead atoms. The SMILES string of the molecule is CN=C(NCCS(=O)(=O)c1ccccc1)NCc1ccccc1Cl.I. The molecule has 2 rings (SSSR count). The van der Waals surface area contributed by atoms with Crippen molar-refractivity contribution in [3.05, 3.63) is 65.2 Å². The zero-order chi connectivity index (χ0) is 17.4. The van der Waals surface area contributed by atoms with Crippen molar-refractivity contribution < 1.29 is 8.42 Å². The number of sulfone groups is 1. The van der Waals surface area contributed by atoms with Crippen LogP contribution in [0.4, 0.5) is 0 Å². The Morgan fingerprint density at radius 3 is 2.32 bits per heavy atom. The summed E-state index contributed by atoms with van der Waals surface area (Å²) in [5.74, 6) is 0.516. The number of rotatable bonds is 6. The van der Waals surface area contributed by atoms with E-state index >= 15 is 0 Å². The third kappa shape index (κ3) is 6.83. The number of benzene rings is 2. The Labute approximate surface area is 170 Å². The first kappa shape index (κ1) is 21.7. The van der Waals surface area contributed by atoms with Crippen LogP contribution in [0, 0.1) is 0 Å². The molecule has 0 saturated carbocycles. The third-order valence-corrected chi connectivity index (χ3v) is 5.49. The van der Waals surface area contributed by atoms with Crippen LogP contribution in [0.1, 0.15) is 5.56 Å². The van der Waals surface area contributed by atoms with Crippen LogP contribution < -0.4 is 10.6 Å². The van der Waals surface area contributed by atoms with Crippen LogP contribution in [0.5, 0.6) is 0 Å². The highest BCUT2D eigenvalue weighted by Gasteiger charge is 2.13. The zero-order valence-electron chi connectivity index (χ0n) is 13.8. The van der Waals surface area contributed by atoms with E-state index in [1.807, 2.05) is 24.3 Å². The number of nitrogens with zero attached hydrogens (tertiary/aromatic N) is 1. The molecular formula is C17H21ClIN3O2S. The van der Waals surface area contributed by atoms with Crippen LogP contribution in [-0.2, 0) is 16.4 Å². The van der Waals surface area contributed by atoms with E-state index in [4.69, 9.17) is 11.6 Å². The van der Waals surface area contributed by atoms with Gasteiger partial charge in [0.2, 0.25) is 0 Å². The summed E-state index contributed by atoms with van der Waals surface area (Å²) in [6.07, 6.45) is 0. The minimum atomic E-state index is -3.30. The van der Waals surface area contributed by atoms with Gasteiger partial charge in [0.25, 0.3) is 0 Å². The van der Waals surface area contributed by atoms with Gasteiger partial charge in [0.05, 0.1) is 10.6 Å². The third-order valence-electron chi connectivity index (χ3n) is 3.39. The maximum Gasteiger partial charge on any atom is 0.191 e. The second-order valence-corrected chi connectivity index (χ2v) is 7.59. The minimum absolute atomic E-state index is 0. The molecule has 0 amide bonds. The van der Waals surface area contributed by atoms with Crippen LogP contribution in [0.2, 0.25) is 5.02 Å². The van der Waals surface area contributed by atoms with Gasteiger partial charge in [-0.05, 0) is 23.8 Å². The monoisotopic (exact) mass is 493 g/mol. The lowest BCUT2D eigenvalue weighted by atomic mass is 10.2. The predicted octanol–water partition coefficient (Wildman–Crippen LogP) is 3.10. The highest BCUT2D eigenvalue weighted by molar-refractivity contribution is 14.0. The fourth-order valence-electron chi connectivity index (χ4n) is 2.09. The highest BCUT2D eigenvalue weighted by atomic mass is 127. The lowest BCUT2D eigenvalue weighted by Gasteiger charge is -2.12. The Balaban J connectivity index is 0.00000312. The van der Waals surface area contributed by atoms with Gasteiger partial charge in [-0.1, -0.05) is 48.0 Å². The van der Waals surface area contributed by atoms with Gasteiger partial charge in [0.1, 0.15) is 0 Å². The molecule has 0 heterocycles. The summed E-state index contributed by atoms with van der Waals surface area (Å²) >= 11 is 6.10. The maximum absolute atomic E-state index is 12.2. The molecule has 2 aromatic carbocycles. The molecule has 5 nitrogen and oxygen atoms in total. The van der Waals surface area contributed by atoms with Crippen molar-refractivity contribution in [1.82, 2.24) is 10.6 Å². The largest absolute Gasteiger partial charge is 0.355 e. The van der Waals surface area contributed by atoms with Gasteiger partial charge in [0, 0.05) is 25.2 Å². The Morgan fingerprint density at radius 2 is 1.68 bits per heavy atom. The molecule has 0 fully saturated rings. The van der Waals surface area contributed by atoms with Crippen LogP contribution in [0.15, 0.2) is 64.5 Å². The summed E-state index contributed by atoms with van der Waals surface area (Å²) < 4.78 is 24.4. The molecular weight excluding hydrogens is 473 g/mol. The first-order chi connectivity index (χ1) is 11.5. The number of nitrogens with one attached hydrogen (secondary N) is 2. The Kier molecular flexibility index (Phi) is 9.23. The van der Waals surface area contributed by atoms with Gasteiger partial charge in [0.15, 0.2) is 15.8 Å². The van der Waals surface area contributed by atoms with Crippen molar-refractivity contribution in [2.75, 3.05) is 19.3 Å². The molecule has 0 aliphatic carbocycles. The molecule has 0 unspecified atom stereocenters. The van der Waals surface area contributed by atoms with Crippen molar-refractivity contribution in [3.8, 4) is 0 Å². The van der Waals surface area contributed by atoms with Gasteiger partial charge in [-0.15, -0.1) is 24.0 Å². The van der Waals surface area contributed by atoms with Gasteiger partial charge < -0.3 is 10.6 Å². The van der Waals surface area contributed by atoms with E-state index < -0.39 is 9.84 Å². The second kappa shape index (κ2) is 10.6. The summed E-state index contributed by atoms with van der Waals surface area (Å²) in [4.78, 5) is 4.41. The highest BCUT2D eigenvalue weighted by Crippen LogP contribution is 2.14. The molecule has 0 aliphatic rings. The molecule has 25 heavy (non-hydrogen) atoms. The number of halogens is 2. The van der Waals surface area contributed by atoms with E-state index in [9.17, 15) is 8.42 Å². The van der Waals surface area contributed by atoms with Crippen molar-refractivity contribution >= 4 is 51.4 Å². The lowest BCUT2D eigenvalue weighted by Crippen LogP contribution is -2.39. The molecule has 0 radical (unpaired) electrons. The van der Waals surface area contributed by atoms with Gasteiger partial charge in [-0.25, -0.2) is 8.42 Å². The summed E-state index contributed by atoms with van der Waals surface area (Å²) in [7, 11) is -1.67. The van der Waals surface area contributed by atoms with Gasteiger partial charge in [-0.3, -0.25) is 4.99 Å². The molecule has 0 atom stereocenters. The fraction of sp³-hybridized carbons (Fsp3) is 0.235. The maximum atomic E-state index is 12.2. The molecule has 0 aromatic heterocycles. The van der Waals surface area contributed by atoms with Crippen LogP contribution >= 0.6 is 35.6 Å². The fourth-order valence-corrected chi connectivity index (χ4v) is 3.47. The summed E-state index contributed by atoms with van der Waals surface area (Å²) in [6, 6.07) is 15.9. The van der Waals surface area contributed by atoms with E-state index in [1.165, 1.54) is 0 Å². The van der Waals surface area contributed by atoms with E-state index in [0.717, 1.165) is 5.56 Å². The summed E-state index contributed by atoms with van der Waals surface area (Å²) in [6.45, 7) is 0.768. The van der Waals surface area contributed by atoms with Crippen molar-refractivity contribution in [3.63, 3.8) is 0 Å². The standard InChI is InChI=1S/C17H20ClN3O2S.HI/c1-19-17(21-13-14-7-5-6-10-16(14)18)20-11-12-24(22,23)15-8-3-2-4-9-15;/h2-10H,11-13H2,1H3,(H2,19,20,21);1H. The van der Waals surface area contributed by atoms with Crippen molar-refractivity contribution in [1.29, 1.82) is 0 Å². The average molecular weight is 494 g/mol. The summed E-state index contributed by atoms with van der Waals surface area (Å²) in [5, 5.41) is 6.79. The molecule has 2 N–H and O–H groups in total. The van der Waals surface area contributed by atoms with Crippen molar-refractivity contribution in [2.45, 2.75) is 11.4 Å². The smallest absolute Gasteiger partial charge is 0.191 e. The lowest BCUT2D eigenvalue weighted by molar-refractivity contribution is 0.594. The molecule has 2 aromatic rings. The van der Waals surface area contributed by atoms with Gasteiger partial charge >= 0.3 is 0 Å². The Morgan fingerprint density at radius 1 is 1.04 bits per heavy atom. The van der Waals surface area contributed by atoms with Crippen LogP contribution in [0.25, 0.3) is 0 Å². The molecule has 0 aliphatic heterocycles. The van der Waals surface area contributed by atoms with E-state index in [0.29, 0.717) is 22.4 Å². The molecule has 136 valence electrons. The Hall–Kier alpha value is -1.32. The Bertz CT molecular complexity index is 799. The van der Waals surface area contributed by atoms with Crippen LogP contribution in [0.3, 0.4) is 0 Å². The van der Waals surface area contributed by atoms with E-state index in [2.05, 4.69) is 15.6 Å². The van der Waals surface area contributed by atoms with E-state index in [-0.39, 0.29) is 36.3 Å². The van der Waals surface area contributed by atoms with Crippen molar-refractivity contribution in [2.24, 2.45) is 4.99 Å². The quantitative estimate of drug-likeness (QED) is 0.369. The number of guanidine groups is 1. The molecule has 0 spiro atoms. The van der Waals surface area contributed by atoms with Gasteiger partial charge in [-0.2, -0.15) is 0 Å². The predicted molar refractivity (Wildman–Crippen MR) is 114 cm³/mol. The number of aliphatic imine (C=N–C) groups is 1. The van der Waals surface area contributed by atoms with Crippen LogP contribution in [-0.4, -0.2) is 33.7 Å². The average Bonchev–Trinajstić information content (AvgIpc) is 2.60. The molecule has 8 heteroatoms.